The zero-order valence-electron chi connectivity index (χ0n) is 11.6. The van der Waals surface area contributed by atoms with Crippen molar-refractivity contribution < 1.29 is 19.1 Å². The number of carbonyl (C=O) groups excluding carboxylic acids is 3. The second kappa shape index (κ2) is 7.08. The standard InChI is InChI=1S/C12H21N3O4/c1-8(2)13-12(18)14-10(16)7-15-6-4-5-9(15)11(17)19-3/h8-9H,4-7H2,1-3H3,(H2,13,14,16,18). The van der Waals surface area contributed by atoms with Crippen LogP contribution in [-0.2, 0) is 14.3 Å². The first-order valence-electron chi connectivity index (χ1n) is 6.36. The van der Waals surface area contributed by atoms with Gasteiger partial charge in [-0.2, -0.15) is 0 Å². The number of likely N-dealkylation sites (tertiary alicyclic amines) is 1. The Balaban J connectivity index is 2.43. The molecule has 7 nitrogen and oxygen atoms in total. The van der Waals surface area contributed by atoms with Gasteiger partial charge in [-0.15, -0.1) is 0 Å². The summed E-state index contributed by atoms with van der Waals surface area (Å²) in [5.74, 6) is -0.758. The molecule has 0 saturated carbocycles. The van der Waals surface area contributed by atoms with E-state index in [1.807, 2.05) is 0 Å². The highest BCUT2D eigenvalue weighted by Crippen LogP contribution is 2.17. The van der Waals surface area contributed by atoms with Crippen LogP contribution in [0, 0.1) is 0 Å². The number of methoxy groups -OCH3 is 1. The van der Waals surface area contributed by atoms with Gasteiger partial charge in [0.25, 0.3) is 0 Å². The van der Waals surface area contributed by atoms with Crippen molar-refractivity contribution in [3.8, 4) is 0 Å². The number of carbonyl (C=O) groups is 3. The van der Waals surface area contributed by atoms with Gasteiger partial charge in [-0.3, -0.25) is 19.8 Å². The first kappa shape index (κ1) is 15.4. The molecule has 1 aliphatic rings. The van der Waals surface area contributed by atoms with Crippen molar-refractivity contribution in [2.75, 3.05) is 20.2 Å². The Bertz CT molecular complexity index is 357. The number of ether oxygens (including phenoxy) is 1. The second-order valence-electron chi connectivity index (χ2n) is 4.83. The van der Waals surface area contributed by atoms with E-state index in [0.717, 1.165) is 6.42 Å². The van der Waals surface area contributed by atoms with Gasteiger partial charge < -0.3 is 10.1 Å². The summed E-state index contributed by atoms with van der Waals surface area (Å²) in [5, 5.41) is 4.80. The van der Waals surface area contributed by atoms with Gasteiger partial charge in [0.15, 0.2) is 0 Å². The average molecular weight is 271 g/mol. The lowest BCUT2D eigenvalue weighted by atomic mass is 10.2. The van der Waals surface area contributed by atoms with Crippen molar-refractivity contribution in [1.29, 1.82) is 0 Å². The van der Waals surface area contributed by atoms with Crippen LogP contribution in [0.1, 0.15) is 26.7 Å². The van der Waals surface area contributed by atoms with Gasteiger partial charge >= 0.3 is 12.0 Å². The zero-order chi connectivity index (χ0) is 14.4. The molecule has 0 aliphatic carbocycles. The fraction of sp³-hybridized carbons (Fsp3) is 0.750. The molecule has 1 rings (SSSR count). The molecule has 1 fully saturated rings. The molecule has 2 N–H and O–H groups in total. The summed E-state index contributed by atoms with van der Waals surface area (Å²) in [6.07, 6.45) is 1.52. The summed E-state index contributed by atoms with van der Waals surface area (Å²) < 4.78 is 4.69. The molecule has 1 heterocycles. The van der Waals surface area contributed by atoms with Crippen LogP contribution in [0.15, 0.2) is 0 Å². The Labute approximate surface area is 112 Å². The van der Waals surface area contributed by atoms with Crippen LogP contribution < -0.4 is 10.6 Å². The predicted molar refractivity (Wildman–Crippen MR) is 68.4 cm³/mol. The first-order chi connectivity index (χ1) is 8.93. The third-order valence-corrected chi connectivity index (χ3v) is 2.86. The van der Waals surface area contributed by atoms with Crippen molar-refractivity contribution in [1.82, 2.24) is 15.5 Å². The van der Waals surface area contributed by atoms with Gasteiger partial charge in [0.2, 0.25) is 5.91 Å². The summed E-state index contributed by atoms with van der Waals surface area (Å²) in [5.41, 5.74) is 0. The van der Waals surface area contributed by atoms with Crippen LogP contribution in [0.4, 0.5) is 4.79 Å². The van der Waals surface area contributed by atoms with Gasteiger partial charge in [0.05, 0.1) is 13.7 Å². The number of esters is 1. The Hall–Kier alpha value is -1.63. The van der Waals surface area contributed by atoms with Crippen molar-refractivity contribution in [2.45, 2.75) is 38.8 Å². The maximum atomic E-state index is 11.7. The minimum absolute atomic E-state index is 0.0191. The molecule has 1 unspecified atom stereocenters. The lowest BCUT2D eigenvalue weighted by molar-refractivity contribution is -0.146. The number of urea groups is 1. The highest BCUT2D eigenvalue weighted by Gasteiger charge is 2.32. The maximum Gasteiger partial charge on any atom is 0.323 e. The fourth-order valence-corrected chi connectivity index (χ4v) is 2.07. The molecule has 7 heteroatoms. The van der Waals surface area contributed by atoms with Gasteiger partial charge in [-0.05, 0) is 33.2 Å². The van der Waals surface area contributed by atoms with Crippen LogP contribution in [-0.4, -0.2) is 55.1 Å². The van der Waals surface area contributed by atoms with Crippen molar-refractivity contribution in [2.24, 2.45) is 0 Å². The Morgan fingerprint density at radius 3 is 2.63 bits per heavy atom. The lowest BCUT2D eigenvalue weighted by Gasteiger charge is -2.21. The van der Waals surface area contributed by atoms with E-state index in [1.54, 1.807) is 18.7 Å². The first-order valence-corrected chi connectivity index (χ1v) is 6.36. The minimum atomic E-state index is -0.520. The van der Waals surface area contributed by atoms with Gasteiger partial charge in [0, 0.05) is 6.04 Å². The second-order valence-corrected chi connectivity index (χ2v) is 4.83. The number of hydrogen-bond acceptors (Lipinski definition) is 5. The van der Waals surface area contributed by atoms with Crippen LogP contribution in [0.5, 0.6) is 0 Å². The molecule has 1 aliphatic heterocycles. The van der Waals surface area contributed by atoms with E-state index in [2.05, 4.69) is 15.4 Å². The Kier molecular flexibility index (Phi) is 5.75. The van der Waals surface area contributed by atoms with Crippen LogP contribution in [0.3, 0.4) is 0 Å². The van der Waals surface area contributed by atoms with E-state index in [9.17, 15) is 14.4 Å². The van der Waals surface area contributed by atoms with E-state index in [1.165, 1.54) is 7.11 Å². The quantitative estimate of drug-likeness (QED) is 0.695. The van der Waals surface area contributed by atoms with Gasteiger partial charge in [-0.1, -0.05) is 0 Å². The van der Waals surface area contributed by atoms with E-state index in [0.29, 0.717) is 13.0 Å². The third kappa shape index (κ3) is 4.86. The van der Waals surface area contributed by atoms with E-state index in [4.69, 9.17) is 0 Å². The number of rotatable bonds is 4. The summed E-state index contributed by atoms with van der Waals surface area (Å²) >= 11 is 0. The van der Waals surface area contributed by atoms with E-state index < -0.39 is 11.9 Å². The normalized spacial score (nSPS) is 19.3. The van der Waals surface area contributed by atoms with E-state index in [-0.39, 0.29) is 24.6 Å². The highest BCUT2D eigenvalue weighted by molar-refractivity contribution is 5.95. The number of imide groups is 1. The molecule has 3 amide bonds. The molecule has 0 radical (unpaired) electrons. The smallest absolute Gasteiger partial charge is 0.323 e. The average Bonchev–Trinajstić information content (AvgIpc) is 2.74. The molecule has 0 bridgehead atoms. The predicted octanol–water partition coefficient (Wildman–Crippen LogP) is -0.142. The van der Waals surface area contributed by atoms with Crippen molar-refractivity contribution >= 4 is 17.9 Å². The number of nitrogens with zero attached hydrogens (tertiary/aromatic N) is 1. The van der Waals surface area contributed by atoms with Crippen LogP contribution in [0.25, 0.3) is 0 Å². The summed E-state index contributed by atoms with van der Waals surface area (Å²) in [7, 11) is 1.33. The summed E-state index contributed by atoms with van der Waals surface area (Å²) in [4.78, 5) is 36.3. The molecular weight excluding hydrogens is 250 g/mol. The largest absolute Gasteiger partial charge is 0.468 e. The van der Waals surface area contributed by atoms with Crippen LogP contribution in [0.2, 0.25) is 0 Å². The number of hydrogen-bond donors (Lipinski definition) is 2. The monoisotopic (exact) mass is 271 g/mol. The number of nitrogens with one attached hydrogen (secondary N) is 2. The molecule has 1 saturated heterocycles. The van der Waals surface area contributed by atoms with Gasteiger partial charge in [0.1, 0.15) is 6.04 Å². The van der Waals surface area contributed by atoms with E-state index >= 15 is 0 Å². The Morgan fingerprint density at radius 2 is 2.05 bits per heavy atom. The lowest BCUT2D eigenvalue weighted by Crippen LogP contribution is -2.48. The minimum Gasteiger partial charge on any atom is -0.468 e. The maximum absolute atomic E-state index is 11.7. The molecule has 0 aromatic carbocycles. The molecule has 0 spiro atoms. The molecule has 1 atom stereocenters. The fourth-order valence-electron chi connectivity index (χ4n) is 2.07. The van der Waals surface area contributed by atoms with Gasteiger partial charge in [-0.25, -0.2) is 4.79 Å². The van der Waals surface area contributed by atoms with Crippen molar-refractivity contribution in [3.05, 3.63) is 0 Å². The Morgan fingerprint density at radius 1 is 1.37 bits per heavy atom. The zero-order valence-corrected chi connectivity index (χ0v) is 11.6. The molecule has 19 heavy (non-hydrogen) atoms. The molecule has 0 aromatic heterocycles. The molecular formula is C12H21N3O4. The topological polar surface area (TPSA) is 87.7 Å². The van der Waals surface area contributed by atoms with Crippen LogP contribution >= 0.6 is 0 Å². The molecule has 0 aromatic rings. The summed E-state index contributed by atoms with van der Waals surface area (Å²) in [6, 6.07) is -0.944. The van der Waals surface area contributed by atoms with Crippen molar-refractivity contribution in [3.63, 3.8) is 0 Å². The SMILES string of the molecule is COC(=O)C1CCCN1CC(=O)NC(=O)NC(C)C. The third-order valence-electron chi connectivity index (χ3n) is 2.86. The number of amides is 3. The summed E-state index contributed by atoms with van der Waals surface area (Å²) in [6.45, 7) is 4.28. The molecule has 108 valence electrons. The highest BCUT2D eigenvalue weighted by atomic mass is 16.5.